The van der Waals surface area contributed by atoms with E-state index in [9.17, 15) is 14.0 Å². The number of piperidine rings is 1. The Labute approximate surface area is 193 Å². The van der Waals surface area contributed by atoms with Crippen molar-refractivity contribution in [1.82, 2.24) is 10.6 Å². The summed E-state index contributed by atoms with van der Waals surface area (Å²) < 4.78 is 31.7. The van der Waals surface area contributed by atoms with Crippen LogP contribution in [0.15, 0.2) is 18.2 Å². The summed E-state index contributed by atoms with van der Waals surface area (Å²) in [5.41, 5.74) is 0.392. The first kappa shape index (κ1) is 23.9. The van der Waals surface area contributed by atoms with Gasteiger partial charge in [0.15, 0.2) is 11.6 Å². The molecule has 0 aromatic heterocycles. The number of aliphatic carboxylic acids is 1. The van der Waals surface area contributed by atoms with Crippen LogP contribution in [0.25, 0.3) is 0 Å². The van der Waals surface area contributed by atoms with E-state index in [-0.39, 0.29) is 49.4 Å². The van der Waals surface area contributed by atoms with Gasteiger partial charge in [0.05, 0.1) is 43.9 Å². The van der Waals surface area contributed by atoms with Gasteiger partial charge in [0, 0.05) is 5.56 Å². The monoisotopic (exact) mass is 464 g/mol. The SMILES string of the molecule is O=C(O)CCOc1c(F)cccc1C1CCC(OC[C@@H]2NCCC[C@@]23COCC(=O)N3)CC1. The molecule has 1 aliphatic carbocycles. The lowest BCUT2D eigenvalue weighted by molar-refractivity contribution is -0.139. The Morgan fingerprint density at radius 3 is 2.85 bits per heavy atom. The minimum absolute atomic E-state index is 0.00526. The van der Waals surface area contributed by atoms with Gasteiger partial charge in [-0.05, 0) is 57.1 Å². The largest absolute Gasteiger partial charge is 0.490 e. The fraction of sp³-hybridized carbons (Fsp3) is 0.667. The van der Waals surface area contributed by atoms with Gasteiger partial charge >= 0.3 is 5.97 Å². The second kappa shape index (κ2) is 10.8. The van der Waals surface area contributed by atoms with Crippen LogP contribution in [0.4, 0.5) is 4.39 Å². The van der Waals surface area contributed by atoms with E-state index in [1.54, 1.807) is 6.07 Å². The Morgan fingerprint density at radius 2 is 2.09 bits per heavy atom. The van der Waals surface area contributed by atoms with Crippen molar-refractivity contribution in [1.29, 1.82) is 0 Å². The van der Waals surface area contributed by atoms with Crippen LogP contribution in [0.1, 0.15) is 56.4 Å². The lowest BCUT2D eigenvalue weighted by Gasteiger charge is -2.47. The zero-order valence-electron chi connectivity index (χ0n) is 18.8. The molecule has 1 aromatic rings. The summed E-state index contributed by atoms with van der Waals surface area (Å²) in [7, 11) is 0. The maximum absolute atomic E-state index is 14.4. The molecule has 0 radical (unpaired) electrons. The summed E-state index contributed by atoms with van der Waals surface area (Å²) in [5.74, 6) is -1.19. The van der Waals surface area contributed by atoms with Crippen molar-refractivity contribution in [2.75, 3.05) is 33.0 Å². The third-order valence-corrected chi connectivity index (χ3v) is 7.01. The van der Waals surface area contributed by atoms with E-state index in [2.05, 4.69) is 10.6 Å². The number of carbonyl (C=O) groups is 2. The number of carboxylic acids is 1. The van der Waals surface area contributed by atoms with Gasteiger partial charge in [0.25, 0.3) is 0 Å². The fourth-order valence-electron chi connectivity index (χ4n) is 5.28. The Morgan fingerprint density at radius 1 is 1.27 bits per heavy atom. The molecule has 1 aromatic carbocycles. The first-order chi connectivity index (χ1) is 16.0. The Hall–Kier alpha value is -2.23. The second-order valence-corrected chi connectivity index (χ2v) is 9.26. The molecule has 4 rings (SSSR count). The van der Waals surface area contributed by atoms with Crippen molar-refractivity contribution in [3.8, 4) is 5.75 Å². The van der Waals surface area contributed by atoms with Crippen molar-refractivity contribution in [2.45, 2.75) is 68.5 Å². The Balaban J connectivity index is 1.31. The summed E-state index contributed by atoms with van der Waals surface area (Å²) >= 11 is 0. The number of rotatable bonds is 8. The number of hydrogen-bond acceptors (Lipinski definition) is 6. The molecular formula is C24H33FN2O6. The number of benzene rings is 1. The molecule has 2 aliphatic heterocycles. The Bertz CT molecular complexity index is 840. The molecule has 3 aliphatic rings. The van der Waals surface area contributed by atoms with Gasteiger partial charge in [-0.15, -0.1) is 0 Å². The van der Waals surface area contributed by atoms with Gasteiger partial charge in [0.2, 0.25) is 5.91 Å². The molecule has 2 atom stereocenters. The highest BCUT2D eigenvalue weighted by molar-refractivity contribution is 5.79. The van der Waals surface area contributed by atoms with E-state index in [1.807, 2.05) is 6.07 Å². The highest BCUT2D eigenvalue weighted by Gasteiger charge is 2.45. The summed E-state index contributed by atoms with van der Waals surface area (Å²) in [5, 5.41) is 15.5. The molecule has 8 nitrogen and oxygen atoms in total. The van der Waals surface area contributed by atoms with E-state index >= 15 is 0 Å². The number of carbonyl (C=O) groups excluding carboxylic acids is 1. The van der Waals surface area contributed by atoms with Crippen molar-refractivity contribution in [2.24, 2.45) is 0 Å². The van der Waals surface area contributed by atoms with Crippen LogP contribution < -0.4 is 15.4 Å². The third-order valence-electron chi connectivity index (χ3n) is 7.01. The normalized spacial score (nSPS) is 30.1. The molecule has 3 N–H and O–H groups in total. The number of ether oxygens (including phenoxy) is 3. The number of hydrogen-bond donors (Lipinski definition) is 3. The molecule has 1 spiro atoms. The van der Waals surface area contributed by atoms with Crippen LogP contribution in [-0.2, 0) is 19.1 Å². The van der Waals surface area contributed by atoms with E-state index < -0.39 is 17.3 Å². The van der Waals surface area contributed by atoms with Crippen molar-refractivity contribution < 1.29 is 33.3 Å². The molecule has 2 saturated heterocycles. The van der Waals surface area contributed by atoms with Gasteiger partial charge < -0.3 is 30.0 Å². The number of halogens is 1. The molecule has 3 fully saturated rings. The van der Waals surface area contributed by atoms with Gasteiger partial charge in [-0.3, -0.25) is 9.59 Å². The van der Waals surface area contributed by atoms with Crippen LogP contribution in [0.2, 0.25) is 0 Å². The lowest BCUT2D eigenvalue weighted by atomic mass is 9.81. The minimum atomic E-state index is -0.973. The van der Waals surface area contributed by atoms with Crippen LogP contribution in [-0.4, -0.2) is 67.6 Å². The predicted octanol–water partition coefficient (Wildman–Crippen LogP) is 2.36. The highest BCUT2D eigenvalue weighted by Crippen LogP contribution is 2.39. The van der Waals surface area contributed by atoms with Crippen LogP contribution >= 0.6 is 0 Å². The minimum Gasteiger partial charge on any atom is -0.490 e. The van der Waals surface area contributed by atoms with Crippen molar-refractivity contribution >= 4 is 11.9 Å². The number of para-hydroxylation sites is 1. The molecule has 1 amide bonds. The first-order valence-electron chi connectivity index (χ1n) is 11.8. The van der Waals surface area contributed by atoms with Crippen molar-refractivity contribution in [3.05, 3.63) is 29.6 Å². The molecule has 33 heavy (non-hydrogen) atoms. The smallest absolute Gasteiger partial charge is 0.306 e. The Kier molecular flexibility index (Phi) is 7.82. The van der Waals surface area contributed by atoms with E-state index in [0.29, 0.717) is 13.2 Å². The first-order valence-corrected chi connectivity index (χ1v) is 11.8. The average Bonchev–Trinajstić information content (AvgIpc) is 2.80. The van der Waals surface area contributed by atoms with E-state index in [1.165, 1.54) is 6.07 Å². The number of carboxylic acid groups (broad SMARTS) is 1. The quantitative estimate of drug-likeness (QED) is 0.542. The van der Waals surface area contributed by atoms with Gasteiger partial charge in [-0.2, -0.15) is 0 Å². The number of morpholine rings is 1. The van der Waals surface area contributed by atoms with Crippen LogP contribution in [0.5, 0.6) is 5.75 Å². The van der Waals surface area contributed by atoms with Crippen LogP contribution in [0, 0.1) is 5.82 Å². The average molecular weight is 465 g/mol. The molecule has 0 unspecified atom stereocenters. The molecule has 1 saturated carbocycles. The lowest BCUT2D eigenvalue weighted by Crippen LogP contribution is -2.70. The summed E-state index contributed by atoms with van der Waals surface area (Å²) in [6.45, 7) is 1.95. The molecule has 0 bridgehead atoms. The maximum Gasteiger partial charge on any atom is 0.306 e. The van der Waals surface area contributed by atoms with Gasteiger partial charge in [-0.1, -0.05) is 12.1 Å². The summed E-state index contributed by atoms with van der Waals surface area (Å²) in [6, 6.07) is 4.89. The molecule has 182 valence electrons. The number of nitrogens with one attached hydrogen (secondary N) is 2. The van der Waals surface area contributed by atoms with Gasteiger partial charge in [-0.25, -0.2) is 4.39 Å². The van der Waals surface area contributed by atoms with Crippen molar-refractivity contribution in [3.63, 3.8) is 0 Å². The summed E-state index contributed by atoms with van der Waals surface area (Å²) in [6.07, 6.45) is 5.16. The standard InChI is InChI=1S/C24H33FN2O6/c25-19-4-1-3-18(23(19)32-12-9-22(29)30)16-5-7-17(8-6-16)33-13-20-24(10-2-11-26-20)15-31-14-21(28)27-24/h1,3-4,16-17,20,26H,2,5-15H2,(H,27,28)(H,29,30)/t16?,17?,20-,24+/m0/s1. The molecule has 2 heterocycles. The topological polar surface area (TPSA) is 106 Å². The molecule has 9 heteroatoms. The fourth-order valence-corrected chi connectivity index (χ4v) is 5.28. The predicted molar refractivity (Wildman–Crippen MR) is 118 cm³/mol. The highest BCUT2D eigenvalue weighted by atomic mass is 19.1. The zero-order chi connectivity index (χ0) is 23.3. The van der Waals surface area contributed by atoms with E-state index in [0.717, 1.165) is 50.6 Å². The zero-order valence-corrected chi connectivity index (χ0v) is 18.8. The summed E-state index contributed by atoms with van der Waals surface area (Å²) in [4.78, 5) is 22.7. The molecular weight excluding hydrogens is 431 g/mol. The van der Waals surface area contributed by atoms with E-state index in [4.69, 9.17) is 19.3 Å². The third kappa shape index (κ3) is 5.83. The second-order valence-electron chi connectivity index (χ2n) is 9.26. The number of amides is 1. The van der Waals surface area contributed by atoms with Crippen LogP contribution in [0.3, 0.4) is 0 Å². The van der Waals surface area contributed by atoms with Gasteiger partial charge in [0.1, 0.15) is 6.61 Å². The maximum atomic E-state index is 14.4.